The SMILES string of the molecule is CC(=O)O[C@@H]1C[C@@H]2C[C@H]3CC[C@]2(C)[C@H]2CC[C@]4(C)[C@H](CC[C@H]4[C@H]12)[C@H](C)CCC(=O)O[C@@H]1CC[C@@]2(C)[C@@H](C1)C[C@@H](OC(C)=O)[C@@H]1[C@@H]2CC[C@]2(C)[C@H](CC[C@@H]12)[C@H](C)CCC(=O)O[C@@H]1CC[C@@]2(C)[C@@H](C1)C[C@@H](OC(C)=O)[C@@H]1[C@@H]2CC[C@]2(C)[C@H](CC[C@@H]12)[C@H](C)CCC(=O)O3. The molecule has 504 valence electrons. The minimum atomic E-state index is -0.197. The van der Waals surface area contributed by atoms with E-state index in [0.29, 0.717) is 126 Å². The second-order valence-electron chi connectivity index (χ2n) is 36.0. The van der Waals surface area contributed by atoms with Crippen molar-refractivity contribution < 1.29 is 57.2 Å². The van der Waals surface area contributed by atoms with Gasteiger partial charge in [0.2, 0.25) is 0 Å². The van der Waals surface area contributed by atoms with Gasteiger partial charge < -0.3 is 28.4 Å². The normalized spacial score (nSPS) is 52.7. The van der Waals surface area contributed by atoms with Gasteiger partial charge in [-0.1, -0.05) is 62.3 Å². The van der Waals surface area contributed by atoms with Crippen molar-refractivity contribution in [2.75, 3.05) is 0 Å². The third-order valence-electron chi connectivity index (χ3n) is 32.4. The molecule has 11 heterocycles. The number of hydrogen-bond acceptors (Lipinski definition) is 12. The summed E-state index contributed by atoms with van der Waals surface area (Å²) < 4.78 is 39.0. The molecule has 30 atom stereocenters. The lowest BCUT2D eigenvalue weighted by Crippen LogP contribution is -2.59. The average molecular weight is 1250 g/mol. The monoisotopic (exact) mass is 1250 g/mol. The Balaban J connectivity index is 0.740. The van der Waals surface area contributed by atoms with Crippen LogP contribution >= 0.6 is 0 Å². The van der Waals surface area contributed by atoms with E-state index in [-0.39, 0.29) is 105 Å². The van der Waals surface area contributed by atoms with Gasteiger partial charge in [0.1, 0.15) is 36.6 Å². The van der Waals surface area contributed by atoms with E-state index < -0.39 is 0 Å². The fourth-order valence-corrected chi connectivity index (χ4v) is 28.1. The van der Waals surface area contributed by atoms with Crippen LogP contribution in [0.1, 0.15) is 276 Å². The van der Waals surface area contributed by atoms with Gasteiger partial charge in [-0.05, 0) is 295 Å². The van der Waals surface area contributed by atoms with Gasteiger partial charge in [-0.15, -0.1) is 0 Å². The van der Waals surface area contributed by atoms with E-state index >= 15 is 0 Å². The zero-order valence-electron chi connectivity index (χ0n) is 58.0. The number of hydrogen-bond donors (Lipinski definition) is 0. The summed E-state index contributed by atoms with van der Waals surface area (Å²) in [6.07, 6.45) is 27.1. The largest absolute Gasteiger partial charge is 0.462 e. The highest BCUT2D eigenvalue weighted by molar-refractivity contribution is 5.70. The topological polar surface area (TPSA) is 158 Å². The van der Waals surface area contributed by atoms with E-state index in [1.54, 1.807) is 20.8 Å². The third kappa shape index (κ3) is 11.2. The number of carbonyl (C=O) groups excluding carboxylic acids is 6. The van der Waals surface area contributed by atoms with Crippen LogP contribution in [0.15, 0.2) is 0 Å². The summed E-state index contributed by atoms with van der Waals surface area (Å²) >= 11 is 0. The summed E-state index contributed by atoms with van der Waals surface area (Å²) in [5.41, 5.74) is 0.532. The molecule has 12 heteroatoms. The van der Waals surface area contributed by atoms with E-state index in [9.17, 15) is 28.8 Å². The van der Waals surface area contributed by atoms with Gasteiger partial charge in [0.25, 0.3) is 0 Å². The Hall–Kier alpha value is -3.18. The summed E-state index contributed by atoms with van der Waals surface area (Å²) in [4.78, 5) is 81.6. The quantitative estimate of drug-likeness (QED) is 0.195. The van der Waals surface area contributed by atoms with Gasteiger partial charge in [-0.25, -0.2) is 0 Å². The highest BCUT2D eigenvalue weighted by Crippen LogP contribution is 2.73. The van der Waals surface area contributed by atoms with Crippen molar-refractivity contribution in [1.82, 2.24) is 0 Å². The van der Waals surface area contributed by atoms with Gasteiger partial charge in [-0.3, -0.25) is 28.8 Å². The molecule has 0 N–H and O–H groups in total. The Morgan fingerprint density at radius 1 is 0.322 bits per heavy atom. The zero-order valence-corrected chi connectivity index (χ0v) is 58.0. The van der Waals surface area contributed by atoms with Gasteiger partial charge in [0.15, 0.2) is 0 Å². The smallest absolute Gasteiger partial charge is 0.306 e. The van der Waals surface area contributed by atoms with Crippen molar-refractivity contribution >= 4 is 35.8 Å². The maximum absolute atomic E-state index is 14.1. The molecule has 0 aromatic rings. The molecular weight excluding hydrogens is 1130 g/mol. The molecule has 11 saturated heterocycles. The maximum Gasteiger partial charge on any atom is 0.306 e. The van der Waals surface area contributed by atoms with Crippen molar-refractivity contribution in [2.45, 2.75) is 312 Å². The van der Waals surface area contributed by atoms with Crippen LogP contribution in [0.3, 0.4) is 0 Å². The summed E-state index contributed by atoms with van der Waals surface area (Å²) in [6.45, 7) is 27.1. The minimum absolute atomic E-state index is 0.0727. The van der Waals surface area contributed by atoms with Crippen molar-refractivity contribution in [3.05, 3.63) is 0 Å². The first kappa shape index (κ1) is 65.5. The number of rotatable bonds is 3. The molecule has 23 rings (SSSR count). The van der Waals surface area contributed by atoms with Crippen molar-refractivity contribution in [3.8, 4) is 0 Å². The van der Waals surface area contributed by atoms with Crippen LogP contribution in [0.5, 0.6) is 0 Å². The van der Waals surface area contributed by atoms with Gasteiger partial charge in [-0.2, -0.15) is 0 Å². The van der Waals surface area contributed by atoms with Crippen molar-refractivity contribution in [3.63, 3.8) is 0 Å². The molecule has 23 aliphatic rings. The average Bonchev–Trinajstić information content (AvgIpc) is 1.21. The molecular formula is C78H120O12. The fourth-order valence-electron chi connectivity index (χ4n) is 28.1. The predicted molar refractivity (Wildman–Crippen MR) is 343 cm³/mol. The first-order valence-electron chi connectivity index (χ1n) is 37.8. The molecule has 0 aromatic heterocycles. The summed E-state index contributed by atoms with van der Waals surface area (Å²) in [7, 11) is 0. The molecule has 12 nitrogen and oxygen atoms in total. The Bertz CT molecular complexity index is 2440. The van der Waals surface area contributed by atoms with Gasteiger partial charge in [0.05, 0.1) is 0 Å². The number of ether oxygens (including phenoxy) is 6. The molecule has 0 spiro atoms. The van der Waals surface area contributed by atoms with E-state index in [1.165, 1.54) is 0 Å². The number of carbonyl (C=O) groups is 6. The summed E-state index contributed by atoms with van der Waals surface area (Å²) in [5.74, 6) is 6.16. The standard InChI is InChI=1S/C78H120O12/c1-43-13-22-67(82)88-52-25-31-74(8)49(37-52)41-65(86-47(5)80)71-59-20-17-56(77(59,11)35-29-62(71)74)45(3)15-24-69(84)90-54-27-33-75(9)51(39-54)42-66(87-48(6)81)72-60-21-18-57(78(60,12)36-30-63(72)75)44(2)14-23-68(83)89-53-26-32-73(7)50(38-53)40-64(85-46(4)79)70-58-19-16-55(43)76(58,10)34-28-61(70)73/h43-45,49-66,70-72H,13-42H2,1-12H3/t43-,44-,45-,49+,50+,51+,52-,53-,54-,55-,56-,57-,58+,59+,60+,61+,62+,63+,64-,65-,66-,70+,71+,72+,73+,74+,75+,76-,77-,78-/m1/s1. The van der Waals surface area contributed by atoms with E-state index in [0.717, 1.165) is 173 Å². The second-order valence-corrected chi connectivity index (χ2v) is 36.0. The Morgan fingerprint density at radius 2 is 0.556 bits per heavy atom. The lowest BCUT2D eigenvalue weighted by atomic mass is 9.43. The van der Waals surface area contributed by atoms with Crippen LogP contribution in [0.4, 0.5) is 0 Å². The fraction of sp³-hybridized carbons (Fsp3) is 0.923. The molecule has 24 bridgehead atoms. The highest BCUT2D eigenvalue weighted by atomic mass is 16.6. The van der Waals surface area contributed by atoms with Crippen LogP contribution < -0.4 is 0 Å². The summed E-state index contributed by atoms with van der Waals surface area (Å²) in [6, 6.07) is 0. The van der Waals surface area contributed by atoms with Crippen LogP contribution in [0, 0.1) is 139 Å². The summed E-state index contributed by atoms with van der Waals surface area (Å²) in [5, 5.41) is 0. The molecule has 12 saturated carbocycles. The molecule has 0 amide bonds. The molecule has 12 aliphatic carbocycles. The molecule has 90 heavy (non-hydrogen) atoms. The third-order valence-corrected chi connectivity index (χ3v) is 32.4. The first-order valence-corrected chi connectivity index (χ1v) is 37.8. The van der Waals surface area contributed by atoms with Crippen molar-refractivity contribution in [2.24, 2.45) is 139 Å². The van der Waals surface area contributed by atoms with Crippen LogP contribution in [0.2, 0.25) is 0 Å². The first-order chi connectivity index (χ1) is 42.7. The molecule has 11 aliphatic heterocycles. The second kappa shape index (κ2) is 24.5. The minimum Gasteiger partial charge on any atom is -0.462 e. The van der Waals surface area contributed by atoms with Crippen LogP contribution in [-0.4, -0.2) is 72.4 Å². The molecule has 0 radical (unpaired) electrons. The Labute approximate surface area is 541 Å². The zero-order chi connectivity index (χ0) is 63.8. The van der Waals surface area contributed by atoms with Gasteiger partial charge in [0, 0.05) is 57.8 Å². The lowest BCUT2D eigenvalue weighted by molar-refractivity contribution is -0.197. The maximum atomic E-state index is 14.1. The highest BCUT2D eigenvalue weighted by Gasteiger charge is 2.68. The van der Waals surface area contributed by atoms with E-state index in [1.807, 2.05) is 0 Å². The van der Waals surface area contributed by atoms with Crippen molar-refractivity contribution in [1.29, 1.82) is 0 Å². The molecule has 0 unspecified atom stereocenters. The number of esters is 6. The molecule has 0 aromatic carbocycles. The van der Waals surface area contributed by atoms with E-state index in [4.69, 9.17) is 28.4 Å². The Kier molecular flexibility index (Phi) is 17.8. The van der Waals surface area contributed by atoms with Crippen LogP contribution in [-0.2, 0) is 57.2 Å². The van der Waals surface area contributed by atoms with Gasteiger partial charge >= 0.3 is 35.8 Å². The predicted octanol–water partition coefficient (Wildman–Crippen LogP) is 16.6. The van der Waals surface area contributed by atoms with E-state index in [2.05, 4.69) is 62.3 Å². The lowest BCUT2D eigenvalue weighted by Gasteiger charge is -2.63. The van der Waals surface area contributed by atoms with Crippen LogP contribution in [0.25, 0.3) is 0 Å². The molecule has 23 fully saturated rings. The Morgan fingerprint density at radius 3 is 0.811 bits per heavy atom.